The molecule has 0 saturated heterocycles. The molecule has 0 aliphatic carbocycles. The number of hydroxylamine groups is 1. The normalized spacial score (nSPS) is 15.9. The lowest BCUT2D eigenvalue weighted by Crippen LogP contribution is -2.41. The maximum absolute atomic E-state index is 11.8. The number of hydrogen-bond donors (Lipinski definition) is 2. The van der Waals surface area contributed by atoms with E-state index in [-0.39, 0.29) is 12.0 Å². The second kappa shape index (κ2) is 6.68. The first-order chi connectivity index (χ1) is 8.83. The summed E-state index contributed by atoms with van der Waals surface area (Å²) in [5, 5.41) is 10.0. The van der Waals surface area contributed by atoms with E-state index in [2.05, 4.69) is 5.48 Å². The quantitative estimate of drug-likeness (QED) is 0.776. The van der Waals surface area contributed by atoms with Gasteiger partial charge in [-0.1, -0.05) is 44.2 Å². The van der Waals surface area contributed by atoms with Crippen LogP contribution >= 0.6 is 0 Å². The smallest absolute Gasteiger partial charge is 0.356 e. The van der Waals surface area contributed by atoms with E-state index >= 15 is 0 Å². The number of hydrogen-bond acceptors (Lipinski definition) is 4. The van der Waals surface area contributed by atoms with Crippen LogP contribution in [0.5, 0.6) is 0 Å². The molecule has 4 heteroatoms. The minimum absolute atomic E-state index is 0.125. The van der Waals surface area contributed by atoms with E-state index in [1.165, 1.54) is 6.92 Å². The number of carbonyl (C=O) groups excluding carboxylic acids is 1. The van der Waals surface area contributed by atoms with E-state index in [0.29, 0.717) is 6.42 Å². The Balaban J connectivity index is 2.50. The van der Waals surface area contributed by atoms with Crippen LogP contribution in [-0.2, 0) is 9.63 Å². The van der Waals surface area contributed by atoms with Crippen LogP contribution in [0, 0.1) is 5.92 Å². The molecule has 106 valence electrons. The van der Waals surface area contributed by atoms with Crippen molar-refractivity contribution in [3.63, 3.8) is 0 Å². The summed E-state index contributed by atoms with van der Waals surface area (Å²) in [7, 11) is 0. The highest BCUT2D eigenvalue weighted by Crippen LogP contribution is 2.18. The molecule has 0 aliphatic rings. The molecule has 0 radical (unpaired) electrons. The second-order valence-corrected chi connectivity index (χ2v) is 5.51. The number of aliphatic hydroxyl groups is 1. The van der Waals surface area contributed by atoms with Crippen LogP contribution in [0.25, 0.3) is 0 Å². The molecule has 0 aliphatic heterocycles. The van der Waals surface area contributed by atoms with Gasteiger partial charge in [-0.2, -0.15) is 0 Å². The van der Waals surface area contributed by atoms with Crippen LogP contribution < -0.4 is 5.48 Å². The molecule has 0 aromatic heterocycles. The molecule has 19 heavy (non-hydrogen) atoms. The van der Waals surface area contributed by atoms with Crippen molar-refractivity contribution in [1.29, 1.82) is 0 Å². The third kappa shape index (κ3) is 5.01. The molecule has 0 bridgehead atoms. The third-order valence-corrected chi connectivity index (χ3v) is 2.87. The summed E-state index contributed by atoms with van der Waals surface area (Å²) in [6, 6.07) is 9.53. The van der Waals surface area contributed by atoms with Gasteiger partial charge in [-0.15, -0.1) is 5.48 Å². The molecule has 0 amide bonds. The number of nitrogens with one attached hydrogen (secondary N) is 1. The largest absolute Gasteiger partial charge is 0.378 e. The minimum atomic E-state index is -1.46. The Morgan fingerprint density at radius 2 is 1.89 bits per heavy atom. The van der Waals surface area contributed by atoms with Crippen LogP contribution in [0.4, 0.5) is 0 Å². The van der Waals surface area contributed by atoms with Crippen molar-refractivity contribution < 1.29 is 14.7 Å². The summed E-state index contributed by atoms with van der Waals surface area (Å²) in [5.74, 6) is -0.432. The summed E-state index contributed by atoms with van der Waals surface area (Å²) >= 11 is 0. The Bertz CT molecular complexity index is 401. The standard InChI is InChI=1S/C15H23NO3/c1-11(2)10-15(4,18)14(17)19-16-12(3)13-8-6-5-7-9-13/h5-9,11-12,16,18H,10H2,1-4H3/t12-,15-/m0/s1. The third-order valence-electron chi connectivity index (χ3n) is 2.87. The van der Waals surface area contributed by atoms with Crippen LogP contribution in [0.1, 0.15) is 45.7 Å². The summed E-state index contributed by atoms with van der Waals surface area (Å²) in [6.07, 6.45) is 0.368. The van der Waals surface area contributed by atoms with Gasteiger partial charge in [0.1, 0.15) is 0 Å². The molecule has 4 nitrogen and oxygen atoms in total. The first kappa shape index (κ1) is 15.7. The summed E-state index contributed by atoms with van der Waals surface area (Å²) in [5.41, 5.74) is 2.22. The average Bonchev–Trinajstić information content (AvgIpc) is 2.35. The molecule has 2 atom stereocenters. The second-order valence-electron chi connectivity index (χ2n) is 5.51. The van der Waals surface area contributed by atoms with Crippen LogP contribution in [0.3, 0.4) is 0 Å². The Morgan fingerprint density at radius 1 is 1.32 bits per heavy atom. The molecule has 1 aromatic carbocycles. The van der Waals surface area contributed by atoms with Crippen molar-refractivity contribution in [3.05, 3.63) is 35.9 Å². The lowest BCUT2D eigenvalue weighted by Gasteiger charge is -2.24. The van der Waals surface area contributed by atoms with Crippen LogP contribution in [-0.4, -0.2) is 16.7 Å². The zero-order valence-electron chi connectivity index (χ0n) is 12.0. The summed E-state index contributed by atoms with van der Waals surface area (Å²) in [6.45, 7) is 7.26. The first-order valence-electron chi connectivity index (χ1n) is 6.57. The Morgan fingerprint density at radius 3 is 2.42 bits per heavy atom. The molecule has 0 saturated carbocycles. The maximum atomic E-state index is 11.8. The molecule has 0 heterocycles. The molecular formula is C15H23NO3. The van der Waals surface area contributed by atoms with Gasteiger partial charge in [0.15, 0.2) is 5.60 Å². The molecule has 1 rings (SSSR count). The summed E-state index contributed by atoms with van der Waals surface area (Å²) in [4.78, 5) is 16.8. The molecule has 0 fully saturated rings. The highest BCUT2D eigenvalue weighted by Gasteiger charge is 2.33. The van der Waals surface area contributed by atoms with Crippen molar-refractivity contribution in [3.8, 4) is 0 Å². The molecule has 1 aromatic rings. The molecular weight excluding hydrogens is 242 g/mol. The zero-order chi connectivity index (χ0) is 14.5. The van der Waals surface area contributed by atoms with Crippen molar-refractivity contribution in [2.24, 2.45) is 5.92 Å². The van der Waals surface area contributed by atoms with Crippen LogP contribution in [0.2, 0.25) is 0 Å². The SMILES string of the molecule is CC(C)C[C@](C)(O)C(=O)ON[C@@H](C)c1ccccc1. The van der Waals surface area contributed by atoms with E-state index in [1.54, 1.807) is 0 Å². The van der Waals surface area contributed by atoms with Gasteiger partial charge in [-0.05, 0) is 31.7 Å². The number of benzene rings is 1. The van der Waals surface area contributed by atoms with E-state index in [1.807, 2.05) is 51.1 Å². The van der Waals surface area contributed by atoms with Crippen molar-refractivity contribution in [2.45, 2.75) is 45.8 Å². The lowest BCUT2D eigenvalue weighted by molar-refractivity contribution is -0.174. The van der Waals surface area contributed by atoms with Crippen molar-refractivity contribution in [1.82, 2.24) is 5.48 Å². The van der Waals surface area contributed by atoms with Gasteiger partial charge in [-0.3, -0.25) is 0 Å². The lowest BCUT2D eigenvalue weighted by atomic mass is 9.95. The fraction of sp³-hybridized carbons (Fsp3) is 0.533. The van der Waals surface area contributed by atoms with E-state index < -0.39 is 11.6 Å². The monoisotopic (exact) mass is 265 g/mol. The Kier molecular flexibility index (Phi) is 5.51. The van der Waals surface area contributed by atoms with Gasteiger partial charge in [0, 0.05) is 0 Å². The molecule has 0 spiro atoms. The van der Waals surface area contributed by atoms with Crippen LogP contribution in [0.15, 0.2) is 30.3 Å². The van der Waals surface area contributed by atoms with Gasteiger partial charge in [0.05, 0.1) is 6.04 Å². The number of carbonyl (C=O) groups is 1. The summed E-state index contributed by atoms with van der Waals surface area (Å²) < 4.78 is 0. The Hall–Kier alpha value is -1.39. The van der Waals surface area contributed by atoms with Gasteiger partial charge >= 0.3 is 5.97 Å². The van der Waals surface area contributed by atoms with Crippen molar-refractivity contribution >= 4 is 5.97 Å². The zero-order valence-corrected chi connectivity index (χ0v) is 12.0. The topological polar surface area (TPSA) is 58.6 Å². The van der Waals surface area contributed by atoms with Gasteiger partial charge in [0.25, 0.3) is 0 Å². The maximum Gasteiger partial charge on any atom is 0.356 e. The number of rotatable bonds is 6. The average molecular weight is 265 g/mol. The predicted molar refractivity (Wildman–Crippen MR) is 74.2 cm³/mol. The first-order valence-corrected chi connectivity index (χ1v) is 6.57. The highest BCUT2D eigenvalue weighted by atomic mass is 16.7. The van der Waals surface area contributed by atoms with Gasteiger partial charge < -0.3 is 9.94 Å². The minimum Gasteiger partial charge on any atom is -0.378 e. The van der Waals surface area contributed by atoms with Gasteiger partial charge in [0.2, 0.25) is 0 Å². The fourth-order valence-electron chi connectivity index (χ4n) is 1.94. The van der Waals surface area contributed by atoms with E-state index in [0.717, 1.165) is 5.56 Å². The molecule has 2 N–H and O–H groups in total. The van der Waals surface area contributed by atoms with Crippen molar-refractivity contribution in [2.75, 3.05) is 0 Å². The van der Waals surface area contributed by atoms with Gasteiger partial charge in [-0.25, -0.2) is 4.79 Å². The highest BCUT2D eigenvalue weighted by molar-refractivity contribution is 5.78. The fourth-order valence-corrected chi connectivity index (χ4v) is 1.94. The predicted octanol–water partition coefficient (Wildman–Crippen LogP) is 2.59. The van der Waals surface area contributed by atoms with E-state index in [4.69, 9.17) is 4.84 Å². The molecule has 0 unspecified atom stereocenters. The Labute approximate surface area is 114 Å². The van der Waals surface area contributed by atoms with E-state index in [9.17, 15) is 9.90 Å².